The second kappa shape index (κ2) is 21.5. The van der Waals surface area contributed by atoms with Crippen LogP contribution in [-0.4, -0.2) is 112 Å². The Hall–Kier alpha value is -7.59. The summed E-state index contributed by atoms with van der Waals surface area (Å²) in [5.41, 5.74) is 15.8. The predicted octanol–water partition coefficient (Wildman–Crippen LogP) is 3.20. The molecular weight excluding hydrogens is 762 g/mol. The molecule has 0 fully saturated rings. The number of fused-ring (bicyclic) bond motifs is 3. The van der Waals surface area contributed by atoms with Crippen molar-refractivity contribution in [3.05, 3.63) is 70.8 Å². The van der Waals surface area contributed by atoms with E-state index in [-0.39, 0.29) is 40.3 Å². The summed E-state index contributed by atoms with van der Waals surface area (Å²) in [5, 5.41) is 57.7. The first-order valence-corrected chi connectivity index (χ1v) is 17.3. The molecule has 0 aliphatic heterocycles. The van der Waals surface area contributed by atoms with Gasteiger partial charge in [-0.25, -0.2) is 9.59 Å². The van der Waals surface area contributed by atoms with Gasteiger partial charge in [-0.1, -0.05) is 0 Å². The van der Waals surface area contributed by atoms with Gasteiger partial charge in [-0.05, 0) is 76.2 Å². The molecule has 22 nitrogen and oxygen atoms in total. The van der Waals surface area contributed by atoms with Crippen LogP contribution in [0, 0.1) is 0 Å². The molecule has 4 aromatic carbocycles. The van der Waals surface area contributed by atoms with Crippen LogP contribution in [0.2, 0.25) is 0 Å². The van der Waals surface area contributed by atoms with Gasteiger partial charge in [0.05, 0.1) is 50.0 Å². The number of aldehydes is 1. The number of hydrogen-bond donors (Lipinski definition) is 8. The Morgan fingerprint density at radius 1 is 0.603 bits per heavy atom. The molecule has 7 rings (SSSR count). The fourth-order valence-corrected chi connectivity index (χ4v) is 5.19. The standard InChI is InChI=1S/C9H9N3O3.C9H11N3O2.C9H9N3O2.C9H12N2O3.H2O/c1-2-15-6-4-3-5-8(11-12-10-5)7(6)9(13)14;2*1-2-14-8-4-3-7-9(6(8)5-13)11-12-10-7;1-2-14-6-4-3-5(10)8(11)7(6)9(12)13;/h3-4H,2H2,1H3,(H,13,14)(H,10,11,12);3-4,13H,2,5H2,1H3,(H,10,11,12);3-5H,2H2,1H3,(H,10,11,12);3-4H,2,10-11H2,1H3,(H,12,13);1H2. The Morgan fingerprint density at radius 2 is 1.02 bits per heavy atom. The van der Waals surface area contributed by atoms with Crippen molar-refractivity contribution in [1.29, 1.82) is 0 Å². The van der Waals surface area contributed by atoms with Crippen molar-refractivity contribution in [2.24, 2.45) is 0 Å². The van der Waals surface area contributed by atoms with Gasteiger partial charge >= 0.3 is 11.9 Å². The number of carboxylic acid groups (broad SMARTS) is 2. The number of hydrogen-bond acceptors (Lipinski definition) is 16. The van der Waals surface area contributed by atoms with Crippen LogP contribution >= 0.6 is 0 Å². The van der Waals surface area contributed by atoms with Crippen LogP contribution < -0.4 is 30.4 Å². The lowest BCUT2D eigenvalue weighted by Gasteiger charge is -2.10. The van der Waals surface area contributed by atoms with Crippen LogP contribution in [0.25, 0.3) is 33.1 Å². The fourth-order valence-electron chi connectivity index (χ4n) is 5.19. The molecule has 0 saturated heterocycles. The first-order valence-electron chi connectivity index (χ1n) is 17.3. The highest BCUT2D eigenvalue weighted by atomic mass is 16.5. The highest BCUT2D eigenvalue weighted by Gasteiger charge is 2.19. The van der Waals surface area contributed by atoms with Gasteiger partial charge in [0.1, 0.15) is 67.2 Å². The van der Waals surface area contributed by atoms with Crippen LogP contribution in [0.3, 0.4) is 0 Å². The smallest absolute Gasteiger partial charge is 0.341 e. The molecule has 12 N–H and O–H groups in total. The van der Waals surface area contributed by atoms with Gasteiger partial charge in [0.15, 0.2) is 6.29 Å². The Balaban J connectivity index is 0.000000206. The summed E-state index contributed by atoms with van der Waals surface area (Å²) < 4.78 is 21.0. The molecule has 0 saturated carbocycles. The molecule has 3 heterocycles. The number of benzene rings is 4. The van der Waals surface area contributed by atoms with Crippen LogP contribution in [0.15, 0.2) is 48.5 Å². The van der Waals surface area contributed by atoms with Crippen molar-refractivity contribution < 1.29 is 54.1 Å². The Morgan fingerprint density at radius 3 is 1.53 bits per heavy atom. The molecule has 308 valence electrons. The third kappa shape index (κ3) is 10.4. The molecule has 0 bridgehead atoms. The second-order valence-electron chi connectivity index (χ2n) is 11.1. The number of nitrogens with one attached hydrogen (secondary N) is 3. The molecule has 0 spiro atoms. The van der Waals surface area contributed by atoms with Gasteiger partial charge in [-0.15, -0.1) is 0 Å². The van der Waals surface area contributed by atoms with Crippen molar-refractivity contribution >= 4 is 62.7 Å². The average molecular weight is 806 g/mol. The van der Waals surface area contributed by atoms with E-state index in [1.54, 1.807) is 44.2 Å². The van der Waals surface area contributed by atoms with Crippen molar-refractivity contribution in [2.45, 2.75) is 34.3 Å². The number of aliphatic hydroxyl groups is 1. The number of aromatic nitrogens is 9. The van der Waals surface area contributed by atoms with E-state index in [0.717, 1.165) is 11.8 Å². The molecule has 0 aliphatic carbocycles. The zero-order chi connectivity index (χ0) is 41.5. The quantitative estimate of drug-likeness (QED) is 0.0649. The number of carbonyl (C=O) groups excluding carboxylic acids is 1. The summed E-state index contributed by atoms with van der Waals surface area (Å²) in [6, 6.07) is 13.3. The molecule has 0 radical (unpaired) electrons. The highest BCUT2D eigenvalue weighted by Crippen LogP contribution is 2.30. The number of aromatic amines is 3. The third-order valence-corrected chi connectivity index (χ3v) is 7.63. The summed E-state index contributed by atoms with van der Waals surface area (Å²) >= 11 is 0. The van der Waals surface area contributed by atoms with Crippen LogP contribution in [0.1, 0.15) is 64.3 Å². The largest absolute Gasteiger partial charge is 0.493 e. The second-order valence-corrected chi connectivity index (χ2v) is 11.1. The molecule has 0 aliphatic rings. The zero-order valence-corrected chi connectivity index (χ0v) is 31.8. The van der Waals surface area contributed by atoms with E-state index in [1.165, 1.54) is 12.1 Å². The molecule has 0 atom stereocenters. The number of ether oxygens (including phenoxy) is 4. The minimum Gasteiger partial charge on any atom is -0.493 e. The number of nitrogens with two attached hydrogens (primary N) is 2. The number of aromatic carboxylic acids is 2. The normalized spacial score (nSPS) is 10.2. The summed E-state index contributed by atoms with van der Waals surface area (Å²) in [6.45, 7) is 9.08. The van der Waals surface area contributed by atoms with E-state index in [2.05, 4.69) is 46.2 Å². The number of H-pyrrole nitrogens is 3. The highest BCUT2D eigenvalue weighted by molar-refractivity contribution is 6.03. The zero-order valence-electron chi connectivity index (χ0n) is 31.8. The maximum Gasteiger partial charge on any atom is 0.341 e. The first kappa shape index (κ1) is 44.8. The van der Waals surface area contributed by atoms with Gasteiger partial charge in [0.25, 0.3) is 0 Å². The molecule has 58 heavy (non-hydrogen) atoms. The molecule has 3 aromatic heterocycles. The molecule has 0 amide bonds. The van der Waals surface area contributed by atoms with Crippen molar-refractivity contribution in [1.82, 2.24) is 46.2 Å². The van der Waals surface area contributed by atoms with Crippen molar-refractivity contribution in [3.63, 3.8) is 0 Å². The number of carboxylic acids is 2. The lowest BCUT2D eigenvalue weighted by atomic mass is 10.1. The van der Waals surface area contributed by atoms with Crippen molar-refractivity contribution in [2.75, 3.05) is 37.9 Å². The average Bonchev–Trinajstić information content (AvgIpc) is 3.99. The Kier molecular flexibility index (Phi) is 16.6. The fraction of sp³-hybridized carbons (Fsp3) is 0.250. The summed E-state index contributed by atoms with van der Waals surface area (Å²) in [4.78, 5) is 32.8. The minimum atomic E-state index is -1.14. The van der Waals surface area contributed by atoms with Crippen LogP contribution in [0.5, 0.6) is 23.0 Å². The minimum absolute atomic E-state index is 0. The van der Waals surface area contributed by atoms with Gasteiger partial charge in [-0.2, -0.15) is 46.2 Å². The number of anilines is 2. The maximum atomic E-state index is 11.0. The van der Waals surface area contributed by atoms with E-state index in [0.29, 0.717) is 82.4 Å². The number of nitrogen functional groups attached to an aromatic ring is 2. The maximum absolute atomic E-state index is 11.0. The summed E-state index contributed by atoms with van der Waals surface area (Å²) in [7, 11) is 0. The van der Waals surface area contributed by atoms with E-state index >= 15 is 0 Å². The molecule has 22 heteroatoms. The molecule has 0 unspecified atom stereocenters. The molecule has 7 aromatic rings. The van der Waals surface area contributed by atoms with E-state index in [1.807, 2.05) is 19.9 Å². The van der Waals surface area contributed by atoms with Crippen LogP contribution in [0.4, 0.5) is 11.4 Å². The SMILES string of the molecule is CCOc1ccc(N)c(N)c1C(=O)O.CCOc1ccc2n[nH]nc2c1C(=O)O.CCOc1ccc2n[nH]nc2c1C=O.CCOc1ccc2n[nH]nc2c1CO.O. The lowest BCUT2D eigenvalue weighted by Crippen LogP contribution is -2.08. The monoisotopic (exact) mass is 805 g/mol. The van der Waals surface area contributed by atoms with Gasteiger partial charge in [-0.3, -0.25) is 4.79 Å². The predicted molar refractivity (Wildman–Crippen MR) is 210 cm³/mol. The van der Waals surface area contributed by atoms with Crippen LogP contribution in [-0.2, 0) is 6.61 Å². The van der Waals surface area contributed by atoms with Gasteiger partial charge in [0.2, 0.25) is 0 Å². The number of aliphatic hydroxyl groups excluding tert-OH is 1. The number of carbonyl (C=O) groups is 3. The van der Waals surface area contributed by atoms with Crippen molar-refractivity contribution in [3.8, 4) is 23.0 Å². The van der Waals surface area contributed by atoms with Gasteiger partial charge in [0, 0.05) is 5.56 Å². The Labute approximate surface area is 328 Å². The van der Waals surface area contributed by atoms with E-state index < -0.39 is 11.9 Å². The summed E-state index contributed by atoms with van der Waals surface area (Å²) in [5.74, 6) is -0.449. The van der Waals surface area contributed by atoms with E-state index in [9.17, 15) is 19.5 Å². The summed E-state index contributed by atoms with van der Waals surface area (Å²) in [6.07, 6.45) is 0.732. The van der Waals surface area contributed by atoms with E-state index in [4.69, 9.17) is 40.6 Å². The first-order chi connectivity index (χ1) is 27.5. The topological polar surface area (TPSA) is 357 Å². The molecular formula is C36H43N11O11. The Bertz CT molecular complexity index is 2450. The van der Waals surface area contributed by atoms with Gasteiger partial charge < -0.3 is 51.2 Å². The number of nitrogens with zero attached hydrogens (tertiary/aromatic N) is 6. The lowest BCUT2D eigenvalue weighted by molar-refractivity contribution is 0.0683. The number of rotatable bonds is 12. The third-order valence-electron chi connectivity index (χ3n) is 7.63.